The molecule has 0 spiro atoms. The Labute approximate surface area is 165 Å². The lowest BCUT2D eigenvalue weighted by Crippen LogP contribution is -2.15. The van der Waals surface area contributed by atoms with Gasteiger partial charge in [-0.15, -0.1) is 5.10 Å². The number of anilines is 1. The Kier molecular flexibility index (Phi) is 5.69. The summed E-state index contributed by atoms with van der Waals surface area (Å²) in [5.41, 5.74) is 3.74. The summed E-state index contributed by atoms with van der Waals surface area (Å²) < 4.78 is 1.58. The van der Waals surface area contributed by atoms with Gasteiger partial charge in [0.2, 0.25) is 11.1 Å². The zero-order valence-electron chi connectivity index (χ0n) is 15.5. The number of tetrazole rings is 1. The van der Waals surface area contributed by atoms with E-state index in [4.69, 9.17) is 0 Å². The van der Waals surface area contributed by atoms with Gasteiger partial charge in [0.05, 0.1) is 16.4 Å². The maximum absolute atomic E-state index is 12.3. The molecule has 0 saturated heterocycles. The highest BCUT2D eigenvalue weighted by atomic mass is 32.2. The van der Waals surface area contributed by atoms with Gasteiger partial charge in [-0.25, -0.2) is 0 Å². The number of amides is 1. The Morgan fingerprint density at radius 1 is 1.25 bits per heavy atom. The molecule has 28 heavy (non-hydrogen) atoms. The number of nitro benzene ring substituents is 1. The first-order valence-corrected chi connectivity index (χ1v) is 9.38. The number of aromatic nitrogens is 4. The molecule has 1 aromatic heterocycles. The Morgan fingerprint density at radius 2 is 2.04 bits per heavy atom. The Balaban J connectivity index is 1.73. The van der Waals surface area contributed by atoms with E-state index in [0.717, 1.165) is 34.1 Å². The third-order valence-electron chi connectivity index (χ3n) is 4.20. The van der Waals surface area contributed by atoms with Crippen molar-refractivity contribution in [3.63, 3.8) is 0 Å². The minimum atomic E-state index is -0.517. The van der Waals surface area contributed by atoms with Crippen molar-refractivity contribution in [2.75, 3.05) is 11.1 Å². The van der Waals surface area contributed by atoms with Gasteiger partial charge in [-0.05, 0) is 60.0 Å². The molecule has 2 aromatic carbocycles. The van der Waals surface area contributed by atoms with Crippen molar-refractivity contribution in [3.8, 4) is 5.69 Å². The van der Waals surface area contributed by atoms with Crippen molar-refractivity contribution in [1.82, 2.24) is 20.2 Å². The molecule has 1 N–H and O–H groups in total. The van der Waals surface area contributed by atoms with Gasteiger partial charge >= 0.3 is 0 Å². The zero-order chi connectivity index (χ0) is 20.3. The van der Waals surface area contributed by atoms with Crippen molar-refractivity contribution >= 4 is 29.0 Å². The van der Waals surface area contributed by atoms with E-state index in [0.29, 0.717) is 5.16 Å². The molecule has 0 fully saturated rings. The summed E-state index contributed by atoms with van der Waals surface area (Å²) in [5, 5.41) is 25.9. The number of nitrogens with one attached hydrogen (secondary N) is 1. The fraction of sp³-hybridized carbons (Fsp3) is 0.222. The lowest BCUT2D eigenvalue weighted by atomic mass is 10.1. The molecule has 3 rings (SSSR count). The molecule has 3 aromatic rings. The topological polar surface area (TPSA) is 116 Å². The lowest BCUT2D eigenvalue weighted by molar-refractivity contribution is -0.384. The largest absolute Gasteiger partial charge is 0.320 e. The second-order valence-corrected chi connectivity index (χ2v) is 7.15. The van der Waals surface area contributed by atoms with E-state index in [2.05, 4.69) is 20.8 Å². The molecular weight excluding hydrogens is 380 g/mol. The predicted molar refractivity (Wildman–Crippen MR) is 106 cm³/mol. The van der Waals surface area contributed by atoms with Crippen molar-refractivity contribution < 1.29 is 9.72 Å². The van der Waals surface area contributed by atoms with Crippen molar-refractivity contribution in [3.05, 3.63) is 63.2 Å². The first kappa shape index (κ1) is 19.5. The fourth-order valence-electron chi connectivity index (χ4n) is 2.60. The average molecular weight is 398 g/mol. The van der Waals surface area contributed by atoms with Gasteiger partial charge in [-0.1, -0.05) is 30.0 Å². The lowest BCUT2D eigenvalue weighted by Gasteiger charge is -2.10. The predicted octanol–water partition coefficient (Wildman–Crippen LogP) is 3.23. The number of benzene rings is 2. The summed E-state index contributed by atoms with van der Waals surface area (Å²) in [4.78, 5) is 23.0. The number of carbonyl (C=O) groups is 1. The molecule has 1 amide bonds. The number of thioether (sulfide) groups is 1. The molecule has 9 nitrogen and oxygen atoms in total. The summed E-state index contributed by atoms with van der Waals surface area (Å²) in [6.07, 6.45) is 0. The molecule has 0 aliphatic rings. The van der Waals surface area contributed by atoms with E-state index in [1.165, 1.54) is 12.1 Å². The SMILES string of the molecule is Cc1ccc(NC(=O)CSc2nnnn2-c2cccc(C)c2C)c([N+](=O)[O-])c1. The van der Waals surface area contributed by atoms with Gasteiger partial charge in [-0.2, -0.15) is 4.68 Å². The van der Waals surface area contributed by atoms with Crippen LogP contribution in [0.4, 0.5) is 11.4 Å². The number of rotatable bonds is 6. The smallest absolute Gasteiger partial charge is 0.293 e. The molecular formula is C18H18N6O3S. The second kappa shape index (κ2) is 8.17. The summed E-state index contributed by atoms with van der Waals surface area (Å²) in [6.45, 7) is 5.73. The van der Waals surface area contributed by atoms with Gasteiger partial charge in [-0.3, -0.25) is 14.9 Å². The summed E-state index contributed by atoms with van der Waals surface area (Å²) in [6, 6.07) is 10.5. The molecule has 0 radical (unpaired) electrons. The van der Waals surface area contributed by atoms with E-state index in [-0.39, 0.29) is 23.0 Å². The normalized spacial score (nSPS) is 10.7. The fourth-order valence-corrected chi connectivity index (χ4v) is 3.28. The van der Waals surface area contributed by atoms with Crippen LogP contribution >= 0.6 is 11.8 Å². The van der Waals surface area contributed by atoms with Crippen LogP contribution in [0.5, 0.6) is 0 Å². The maximum Gasteiger partial charge on any atom is 0.293 e. The number of hydrogen-bond acceptors (Lipinski definition) is 7. The van der Waals surface area contributed by atoms with E-state index < -0.39 is 4.92 Å². The first-order valence-electron chi connectivity index (χ1n) is 8.39. The average Bonchev–Trinajstić information content (AvgIpc) is 3.12. The van der Waals surface area contributed by atoms with Gasteiger partial charge in [0.1, 0.15) is 5.69 Å². The highest BCUT2D eigenvalue weighted by Gasteiger charge is 2.18. The van der Waals surface area contributed by atoms with Crippen molar-refractivity contribution in [2.24, 2.45) is 0 Å². The van der Waals surface area contributed by atoms with Crippen LogP contribution in [-0.2, 0) is 4.79 Å². The third-order valence-corrected chi connectivity index (χ3v) is 5.12. The summed E-state index contributed by atoms with van der Waals surface area (Å²) >= 11 is 1.15. The minimum absolute atomic E-state index is 0.0102. The number of carbonyl (C=O) groups excluding carboxylic acids is 1. The monoisotopic (exact) mass is 398 g/mol. The first-order chi connectivity index (χ1) is 13.4. The van der Waals surface area contributed by atoms with Crippen LogP contribution in [0, 0.1) is 30.9 Å². The van der Waals surface area contributed by atoms with Crippen LogP contribution in [0.1, 0.15) is 16.7 Å². The Bertz CT molecular complexity index is 1050. The highest BCUT2D eigenvalue weighted by Crippen LogP contribution is 2.26. The van der Waals surface area contributed by atoms with Crippen LogP contribution in [0.15, 0.2) is 41.6 Å². The maximum atomic E-state index is 12.3. The second-order valence-electron chi connectivity index (χ2n) is 6.21. The summed E-state index contributed by atoms with van der Waals surface area (Å²) in [7, 11) is 0. The van der Waals surface area contributed by atoms with Crippen LogP contribution < -0.4 is 5.32 Å². The highest BCUT2D eigenvalue weighted by molar-refractivity contribution is 7.99. The van der Waals surface area contributed by atoms with Crippen LogP contribution in [0.3, 0.4) is 0 Å². The van der Waals surface area contributed by atoms with Crippen molar-refractivity contribution in [1.29, 1.82) is 0 Å². The molecule has 0 atom stereocenters. The quantitative estimate of drug-likeness (QED) is 0.385. The molecule has 10 heteroatoms. The van der Waals surface area contributed by atoms with Crippen LogP contribution in [-0.4, -0.2) is 36.8 Å². The van der Waals surface area contributed by atoms with Gasteiger partial charge in [0, 0.05) is 6.07 Å². The number of hydrogen-bond donors (Lipinski definition) is 1. The zero-order valence-corrected chi connectivity index (χ0v) is 16.4. The Hall–Kier alpha value is -3.27. The minimum Gasteiger partial charge on any atom is -0.320 e. The molecule has 0 bridgehead atoms. The molecule has 0 saturated carbocycles. The van der Waals surface area contributed by atoms with Gasteiger partial charge in [0.15, 0.2) is 0 Å². The van der Waals surface area contributed by atoms with E-state index in [1.54, 1.807) is 17.7 Å². The van der Waals surface area contributed by atoms with Crippen LogP contribution in [0.2, 0.25) is 0 Å². The number of aryl methyl sites for hydroxylation is 2. The molecule has 0 aliphatic heterocycles. The molecule has 0 aliphatic carbocycles. The van der Waals surface area contributed by atoms with Gasteiger partial charge in [0.25, 0.3) is 5.69 Å². The third kappa shape index (κ3) is 4.17. The molecule has 0 unspecified atom stereocenters. The Morgan fingerprint density at radius 3 is 2.79 bits per heavy atom. The van der Waals surface area contributed by atoms with Gasteiger partial charge < -0.3 is 5.32 Å². The molecule has 144 valence electrons. The standard InChI is InChI=1S/C18H18N6O3S/c1-11-7-8-14(16(9-11)24(26)27)19-17(25)10-28-18-20-21-22-23(18)15-6-4-5-12(2)13(15)3/h4-9H,10H2,1-3H3,(H,19,25). The van der Waals surface area contributed by atoms with E-state index in [1.807, 2.05) is 32.0 Å². The molecule has 1 heterocycles. The van der Waals surface area contributed by atoms with Crippen molar-refractivity contribution in [2.45, 2.75) is 25.9 Å². The van der Waals surface area contributed by atoms with E-state index >= 15 is 0 Å². The summed E-state index contributed by atoms with van der Waals surface area (Å²) in [5.74, 6) is -0.372. The number of nitro groups is 1. The van der Waals surface area contributed by atoms with Crippen LogP contribution in [0.25, 0.3) is 5.69 Å². The van der Waals surface area contributed by atoms with E-state index in [9.17, 15) is 14.9 Å². The number of nitrogens with zero attached hydrogens (tertiary/aromatic N) is 5.